The van der Waals surface area contributed by atoms with Crippen molar-refractivity contribution >= 4 is 74.5 Å². The fourth-order valence-electron chi connectivity index (χ4n) is 3.12. The number of methoxy groups -OCH3 is 1. The number of fused-ring (bicyclic) bond motifs is 3. The fraction of sp³-hybridized carbons (Fsp3) is 0.130. The van der Waals surface area contributed by atoms with Crippen molar-refractivity contribution in [3.63, 3.8) is 0 Å². The van der Waals surface area contributed by atoms with E-state index in [-0.39, 0.29) is 5.75 Å². The smallest absolute Gasteiger partial charge is 0.316 e. The van der Waals surface area contributed by atoms with Gasteiger partial charge in [-0.2, -0.15) is 0 Å². The minimum Gasteiger partial charge on any atom is -0.495 e. The molecule has 9 heteroatoms. The van der Waals surface area contributed by atoms with E-state index >= 15 is 0 Å². The van der Waals surface area contributed by atoms with Crippen molar-refractivity contribution in [3.05, 3.63) is 64.6 Å². The quantitative estimate of drug-likeness (QED) is 0.246. The summed E-state index contributed by atoms with van der Waals surface area (Å²) in [6, 6.07) is 16.1. The van der Waals surface area contributed by atoms with Crippen LogP contribution in [0.1, 0.15) is 0 Å². The maximum absolute atomic E-state index is 12.3. The number of halogens is 2. The van der Waals surface area contributed by atoms with Gasteiger partial charge in [-0.1, -0.05) is 41.4 Å². The maximum atomic E-state index is 12.3. The lowest BCUT2D eigenvalue weighted by molar-refractivity contribution is -0.144. The molecule has 0 saturated carbocycles. The molecule has 4 rings (SSSR count). The second kappa shape index (κ2) is 9.73. The van der Waals surface area contributed by atoms with E-state index in [1.165, 1.54) is 18.9 Å². The number of furan rings is 1. The first kappa shape index (κ1) is 22.3. The van der Waals surface area contributed by atoms with Gasteiger partial charge in [-0.15, -0.1) is 11.8 Å². The number of hydrogen-bond acceptors (Lipinski definition) is 6. The summed E-state index contributed by atoms with van der Waals surface area (Å²) in [7, 11) is 1.51. The molecule has 32 heavy (non-hydrogen) atoms. The lowest BCUT2D eigenvalue weighted by Crippen LogP contribution is -2.21. The topological polar surface area (TPSA) is 77.8 Å². The van der Waals surface area contributed by atoms with Gasteiger partial charge >= 0.3 is 5.97 Å². The second-order valence-corrected chi connectivity index (χ2v) is 8.58. The summed E-state index contributed by atoms with van der Waals surface area (Å²) in [4.78, 5) is 25.0. The minimum atomic E-state index is -0.555. The number of esters is 1. The Kier molecular flexibility index (Phi) is 6.79. The molecule has 1 amide bonds. The number of para-hydroxylation sites is 1. The molecule has 164 valence electrons. The van der Waals surface area contributed by atoms with Crippen LogP contribution >= 0.6 is 35.0 Å². The summed E-state index contributed by atoms with van der Waals surface area (Å²) >= 11 is 13.2. The van der Waals surface area contributed by atoms with Gasteiger partial charge in [-0.25, -0.2) is 0 Å². The fourth-order valence-corrected chi connectivity index (χ4v) is 4.41. The highest BCUT2D eigenvalue weighted by Gasteiger charge is 2.15. The van der Waals surface area contributed by atoms with Crippen LogP contribution in [0, 0.1) is 0 Å². The molecule has 0 bridgehead atoms. The van der Waals surface area contributed by atoms with Gasteiger partial charge < -0.3 is 19.2 Å². The SMILES string of the molecule is COc1cc2c(cc1NC(=O)COC(=O)CSc1cc(Cl)ccc1Cl)oc1ccccc12. The molecule has 1 aromatic heterocycles. The lowest BCUT2D eigenvalue weighted by atomic mass is 10.1. The summed E-state index contributed by atoms with van der Waals surface area (Å²) in [5.41, 5.74) is 1.76. The van der Waals surface area contributed by atoms with E-state index in [2.05, 4.69) is 5.32 Å². The van der Waals surface area contributed by atoms with Crippen LogP contribution in [0.4, 0.5) is 5.69 Å². The highest BCUT2D eigenvalue weighted by molar-refractivity contribution is 8.00. The molecule has 0 aliphatic carbocycles. The van der Waals surface area contributed by atoms with Crippen LogP contribution < -0.4 is 10.1 Å². The number of carbonyl (C=O) groups excluding carboxylic acids is 2. The van der Waals surface area contributed by atoms with Crippen molar-refractivity contribution in [2.45, 2.75) is 4.90 Å². The van der Waals surface area contributed by atoms with E-state index in [9.17, 15) is 9.59 Å². The number of thioether (sulfide) groups is 1. The Morgan fingerprint density at radius 1 is 1.03 bits per heavy atom. The molecule has 1 N–H and O–H groups in total. The predicted octanol–water partition coefficient (Wildman–Crippen LogP) is 6.18. The summed E-state index contributed by atoms with van der Waals surface area (Å²) in [5, 5.41) is 5.52. The molecule has 0 saturated heterocycles. The van der Waals surface area contributed by atoms with Gasteiger partial charge in [0.25, 0.3) is 5.91 Å². The Bertz CT molecular complexity index is 1320. The van der Waals surface area contributed by atoms with Crippen molar-refractivity contribution in [3.8, 4) is 5.75 Å². The predicted molar refractivity (Wildman–Crippen MR) is 127 cm³/mol. The Morgan fingerprint density at radius 3 is 2.66 bits per heavy atom. The van der Waals surface area contributed by atoms with E-state index in [1.54, 1.807) is 30.3 Å². The number of benzene rings is 3. The molecular weight excluding hydrogens is 473 g/mol. The van der Waals surface area contributed by atoms with Gasteiger partial charge in [0.1, 0.15) is 16.9 Å². The van der Waals surface area contributed by atoms with Crippen molar-refractivity contribution in [1.82, 2.24) is 0 Å². The van der Waals surface area contributed by atoms with Crippen molar-refractivity contribution in [2.75, 3.05) is 24.8 Å². The van der Waals surface area contributed by atoms with E-state index in [0.717, 1.165) is 16.4 Å². The third kappa shape index (κ3) is 4.96. The largest absolute Gasteiger partial charge is 0.495 e. The van der Waals surface area contributed by atoms with Gasteiger partial charge in [0.05, 0.1) is 23.6 Å². The number of hydrogen-bond donors (Lipinski definition) is 1. The molecule has 0 aliphatic heterocycles. The van der Waals surface area contributed by atoms with Gasteiger partial charge in [0, 0.05) is 26.8 Å². The van der Waals surface area contributed by atoms with E-state index < -0.39 is 18.5 Å². The molecule has 0 spiro atoms. The van der Waals surface area contributed by atoms with Crippen LogP contribution in [-0.2, 0) is 14.3 Å². The van der Waals surface area contributed by atoms with Gasteiger partial charge in [-0.3, -0.25) is 9.59 Å². The Morgan fingerprint density at radius 2 is 1.84 bits per heavy atom. The average molecular weight is 490 g/mol. The number of anilines is 1. The number of nitrogens with one attached hydrogen (secondary N) is 1. The van der Waals surface area contributed by atoms with Crippen molar-refractivity contribution < 1.29 is 23.5 Å². The van der Waals surface area contributed by atoms with E-state index in [1.807, 2.05) is 24.3 Å². The zero-order valence-corrected chi connectivity index (χ0v) is 19.1. The highest BCUT2D eigenvalue weighted by Crippen LogP contribution is 2.36. The Labute approximate surface area is 197 Å². The van der Waals surface area contributed by atoms with Crippen LogP contribution in [0.3, 0.4) is 0 Å². The Hall–Kier alpha value is -2.87. The van der Waals surface area contributed by atoms with Gasteiger partial charge in [0.2, 0.25) is 0 Å². The number of ether oxygens (including phenoxy) is 2. The minimum absolute atomic E-state index is 0.0123. The molecule has 1 heterocycles. The van der Waals surface area contributed by atoms with E-state index in [0.29, 0.717) is 32.0 Å². The molecule has 4 aromatic rings. The van der Waals surface area contributed by atoms with Crippen molar-refractivity contribution in [1.29, 1.82) is 0 Å². The first-order valence-electron chi connectivity index (χ1n) is 9.47. The second-order valence-electron chi connectivity index (χ2n) is 6.72. The van der Waals surface area contributed by atoms with Crippen LogP contribution in [-0.4, -0.2) is 31.3 Å². The maximum Gasteiger partial charge on any atom is 0.316 e. The molecule has 0 fully saturated rings. The molecule has 0 radical (unpaired) electrons. The number of amides is 1. The van der Waals surface area contributed by atoms with Crippen LogP contribution in [0.2, 0.25) is 10.0 Å². The molecule has 3 aromatic carbocycles. The monoisotopic (exact) mass is 489 g/mol. The summed E-state index contributed by atoms with van der Waals surface area (Å²) in [5.74, 6) is -0.601. The van der Waals surface area contributed by atoms with Gasteiger partial charge in [-0.05, 0) is 30.3 Å². The van der Waals surface area contributed by atoms with E-state index in [4.69, 9.17) is 37.1 Å². The zero-order valence-electron chi connectivity index (χ0n) is 16.8. The summed E-state index contributed by atoms with van der Waals surface area (Å²) in [6.07, 6.45) is 0. The zero-order chi connectivity index (χ0) is 22.7. The third-order valence-corrected chi connectivity index (χ3v) is 6.28. The number of carbonyl (C=O) groups is 2. The van der Waals surface area contributed by atoms with Crippen LogP contribution in [0.15, 0.2) is 63.9 Å². The molecule has 0 aliphatic rings. The average Bonchev–Trinajstić information content (AvgIpc) is 3.15. The normalized spacial score (nSPS) is 11.0. The summed E-state index contributed by atoms with van der Waals surface area (Å²) in [6.45, 7) is -0.440. The molecule has 6 nitrogen and oxygen atoms in total. The van der Waals surface area contributed by atoms with Gasteiger partial charge in [0.15, 0.2) is 6.61 Å². The van der Waals surface area contributed by atoms with Crippen LogP contribution in [0.25, 0.3) is 21.9 Å². The first-order chi connectivity index (χ1) is 15.4. The van der Waals surface area contributed by atoms with Crippen LogP contribution in [0.5, 0.6) is 5.75 Å². The highest BCUT2D eigenvalue weighted by atomic mass is 35.5. The third-order valence-electron chi connectivity index (χ3n) is 4.58. The Balaban J connectivity index is 1.38. The molecule has 0 atom stereocenters. The lowest BCUT2D eigenvalue weighted by Gasteiger charge is -2.11. The number of rotatable bonds is 7. The van der Waals surface area contributed by atoms with Crippen molar-refractivity contribution in [2.24, 2.45) is 0 Å². The summed E-state index contributed by atoms with van der Waals surface area (Å²) < 4.78 is 16.3. The molecular formula is C23H17Cl2NO5S. The first-order valence-corrected chi connectivity index (χ1v) is 11.2. The standard InChI is InChI=1S/C23H17Cl2NO5S/c1-29-20-9-15-14-4-2-3-5-18(14)31-19(15)10-17(20)26-22(27)11-30-23(28)12-32-21-8-13(24)6-7-16(21)25/h2-10H,11-12H2,1H3,(H,26,27). The molecule has 0 unspecified atom stereocenters.